The molecule has 2 N–H and O–H groups in total. The molecule has 78 valence electrons. The summed E-state index contributed by atoms with van der Waals surface area (Å²) in [7, 11) is 0. The first-order valence-electron chi connectivity index (χ1n) is 4.49. The van der Waals surface area contributed by atoms with Crippen LogP contribution in [-0.2, 0) is 9.59 Å². The third kappa shape index (κ3) is 8.52. The number of nitrogens with one attached hydrogen (secondary N) is 1. The summed E-state index contributed by atoms with van der Waals surface area (Å²) in [5.41, 5.74) is 0. The number of carboxylic acid groups (broad SMARTS) is 1. The maximum absolute atomic E-state index is 10.9. The maximum atomic E-state index is 10.9. The Kier molecular flexibility index (Phi) is 7.13. The lowest BCUT2D eigenvalue weighted by Crippen LogP contribution is -2.27. The van der Waals surface area contributed by atoms with Gasteiger partial charge < -0.3 is 10.4 Å². The molecule has 0 aliphatic carbocycles. The van der Waals surface area contributed by atoms with Crippen molar-refractivity contribution in [3.8, 4) is 0 Å². The highest BCUT2D eigenvalue weighted by Crippen LogP contribution is 1.88. The Morgan fingerprint density at radius 3 is 2.64 bits per heavy atom. The Morgan fingerprint density at radius 1 is 1.36 bits per heavy atom. The Labute approximate surface area is 83.3 Å². The molecule has 0 saturated carbocycles. The molecule has 0 aliphatic rings. The number of carbonyl (C=O) groups excluding carboxylic acids is 1. The Bertz CT molecular complexity index is 244. The molecular formula is C10H15NO3. The van der Waals surface area contributed by atoms with E-state index in [1.807, 2.05) is 6.08 Å². The van der Waals surface area contributed by atoms with Crippen molar-refractivity contribution < 1.29 is 14.7 Å². The highest BCUT2D eigenvalue weighted by atomic mass is 16.4. The fraction of sp³-hybridized carbons (Fsp3) is 0.400. The second-order valence-electron chi connectivity index (χ2n) is 2.69. The number of hydrogen-bond acceptors (Lipinski definition) is 2. The van der Waals surface area contributed by atoms with E-state index in [1.54, 1.807) is 12.2 Å². The molecule has 14 heavy (non-hydrogen) atoms. The summed E-state index contributed by atoms with van der Waals surface area (Å²) in [6.45, 7) is 1.72. The summed E-state index contributed by atoms with van der Waals surface area (Å²) in [4.78, 5) is 21.0. The molecular weight excluding hydrogens is 182 g/mol. The second kappa shape index (κ2) is 8.04. The van der Waals surface area contributed by atoms with Crippen molar-refractivity contribution >= 4 is 11.9 Å². The summed E-state index contributed by atoms with van der Waals surface area (Å²) in [5.74, 6) is -1.44. The van der Waals surface area contributed by atoms with E-state index < -0.39 is 11.9 Å². The minimum absolute atomic E-state index is 0.345. The Morgan fingerprint density at radius 2 is 2.07 bits per heavy atom. The van der Waals surface area contributed by atoms with E-state index in [0.29, 0.717) is 0 Å². The first-order valence-corrected chi connectivity index (χ1v) is 4.49. The van der Waals surface area contributed by atoms with Gasteiger partial charge >= 0.3 is 5.97 Å². The average Bonchev–Trinajstić information content (AvgIpc) is 2.14. The third-order valence-corrected chi connectivity index (χ3v) is 1.36. The molecule has 4 heteroatoms. The molecule has 0 aliphatic heterocycles. The van der Waals surface area contributed by atoms with Crippen molar-refractivity contribution in [3.05, 3.63) is 24.3 Å². The number of amides is 1. The van der Waals surface area contributed by atoms with E-state index in [-0.39, 0.29) is 6.54 Å². The molecule has 0 bridgehead atoms. The molecule has 0 spiro atoms. The van der Waals surface area contributed by atoms with E-state index in [1.165, 1.54) is 6.08 Å². The standard InChI is InChI=1S/C10H15NO3/c1-2-3-4-5-6-7-9(12)11-8-10(13)14/h4-7H,2-3,8H2,1H3,(H,11,12)(H,13,14)/b5-4+,7-6+. The van der Waals surface area contributed by atoms with Crippen LogP contribution in [0.2, 0.25) is 0 Å². The minimum Gasteiger partial charge on any atom is -0.480 e. The van der Waals surface area contributed by atoms with Crippen molar-refractivity contribution in [2.45, 2.75) is 19.8 Å². The van der Waals surface area contributed by atoms with Gasteiger partial charge in [0.15, 0.2) is 0 Å². The zero-order valence-electron chi connectivity index (χ0n) is 8.19. The van der Waals surface area contributed by atoms with Crippen LogP contribution in [0.25, 0.3) is 0 Å². The quantitative estimate of drug-likeness (QED) is 0.495. The van der Waals surface area contributed by atoms with E-state index in [4.69, 9.17) is 5.11 Å². The van der Waals surface area contributed by atoms with Gasteiger partial charge in [0.2, 0.25) is 5.91 Å². The number of hydrogen-bond donors (Lipinski definition) is 2. The van der Waals surface area contributed by atoms with Crippen LogP contribution in [0.3, 0.4) is 0 Å². The van der Waals surface area contributed by atoms with E-state index in [9.17, 15) is 9.59 Å². The van der Waals surface area contributed by atoms with Crippen LogP contribution in [0.1, 0.15) is 19.8 Å². The predicted octanol–water partition coefficient (Wildman–Crippen LogP) is 1.10. The molecule has 0 aromatic rings. The lowest BCUT2D eigenvalue weighted by molar-refractivity contribution is -0.137. The van der Waals surface area contributed by atoms with Crippen molar-refractivity contribution in [1.29, 1.82) is 0 Å². The number of allylic oxidation sites excluding steroid dienone is 3. The smallest absolute Gasteiger partial charge is 0.322 e. The fourth-order valence-corrected chi connectivity index (χ4v) is 0.706. The molecule has 0 atom stereocenters. The average molecular weight is 197 g/mol. The summed E-state index contributed by atoms with van der Waals surface area (Å²) in [5, 5.41) is 10.5. The van der Waals surface area contributed by atoms with Crippen molar-refractivity contribution in [3.63, 3.8) is 0 Å². The molecule has 0 saturated heterocycles. The summed E-state index contributed by atoms with van der Waals surface area (Å²) in [6.07, 6.45) is 8.64. The van der Waals surface area contributed by atoms with E-state index >= 15 is 0 Å². The van der Waals surface area contributed by atoms with Gasteiger partial charge in [0.05, 0.1) is 0 Å². The van der Waals surface area contributed by atoms with Crippen molar-refractivity contribution in [1.82, 2.24) is 5.32 Å². The van der Waals surface area contributed by atoms with Crippen LogP contribution in [0, 0.1) is 0 Å². The summed E-state index contributed by atoms with van der Waals surface area (Å²) < 4.78 is 0. The van der Waals surface area contributed by atoms with Gasteiger partial charge in [-0.15, -0.1) is 0 Å². The van der Waals surface area contributed by atoms with E-state index in [2.05, 4.69) is 12.2 Å². The normalized spacial score (nSPS) is 10.9. The van der Waals surface area contributed by atoms with Crippen LogP contribution >= 0.6 is 0 Å². The highest BCUT2D eigenvalue weighted by molar-refractivity contribution is 5.90. The minimum atomic E-state index is -1.05. The van der Waals surface area contributed by atoms with Crippen LogP contribution < -0.4 is 5.32 Å². The number of unbranched alkanes of at least 4 members (excludes halogenated alkanes) is 1. The Hall–Kier alpha value is -1.58. The first-order chi connectivity index (χ1) is 6.66. The second-order valence-corrected chi connectivity index (χ2v) is 2.69. The third-order valence-electron chi connectivity index (χ3n) is 1.36. The molecule has 0 fully saturated rings. The fourth-order valence-electron chi connectivity index (χ4n) is 0.706. The van der Waals surface area contributed by atoms with Gasteiger partial charge in [0.25, 0.3) is 0 Å². The van der Waals surface area contributed by atoms with Gasteiger partial charge in [-0.25, -0.2) is 0 Å². The number of aliphatic carboxylic acids is 1. The topological polar surface area (TPSA) is 66.4 Å². The van der Waals surface area contributed by atoms with Gasteiger partial charge in [-0.2, -0.15) is 0 Å². The molecule has 1 amide bonds. The molecule has 0 rings (SSSR count). The van der Waals surface area contributed by atoms with Gasteiger partial charge in [0.1, 0.15) is 6.54 Å². The zero-order chi connectivity index (χ0) is 10.8. The van der Waals surface area contributed by atoms with Crippen LogP contribution in [-0.4, -0.2) is 23.5 Å². The number of carbonyl (C=O) groups is 2. The first kappa shape index (κ1) is 12.4. The van der Waals surface area contributed by atoms with Gasteiger partial charge in [-0.1, -0.05) is 31.6 Å². The van der Waals surface area contributed by atoms with E-state index in [0.717, 1.165) is 12.8 Å². The number of carboxylic acids is 1. The molecule has 4 nitrogen and oxygen atoms in total. The van der Waals surface area contributed by atoms with Crippen molar-refractivity contribution in [2.75, 3.05) is 6.54 Å². The lowest BCUT2D eigenvalue weighted by atomic mass is 10.3. The van der Waals surface area contributed by atoms with Crippen molar-refractivity contribution in [2.24, 2.45) is 0 Å². The summed E-state index contributed by atoms with van der Waals surface area (Å²) >= 11 is 0. The maximum Gasteiger partial charge on any atom is 0.322 e. The molecule has 0 aromatic heterocycles. The predicted molar refractivity (Wildman–Crippen MR) is 53.8 cm³/mol. The molecule has 0 unspecified atom stereocenters. The number of rotatable bonds is 6. The van der Waals surface area contributed by atoms with Gasteiger partial charge in [-0.05, 0) is 6.42 Å². The monoisotopic (exact) mass is 197 g/mol. The molecule has 0 heterocycles. The lowest BCUT2D eigenvalue weighted by Gasteiger charge is -1.94. The van der Waals surface area contributed by atoms with Crippen LogP contribution in [0.15, 0.2) is 24.3 Å². The molecule has 0 aromatic carbocycles. The SMILES string of the molecule is CCC/C=C/C=C/C(=O)NCC(=O)O. The Balaban J connectivity index is 3.65. The molecule has 0 radical (unpaired) electrons. The van der Waals surface area contributed by atoms with Crippen LogP contribution in [0.5, 0.6) is 0 Å². The largest absolute Gasteiger partial charge is 0.480 e. The zero-order valence-corrected chi connectivity index (χ0v) is 8.19. The summed E-state index contributed by atoms with van der Waals surface area (Å²) in [6, 6.07) is 0. The van der Waals surface area contributed by atoms with Gasteiger partial charge in [0, 0.05) is 6.08 Å². The highest BCUT2D eigenvalue weighted by Gasteiger charge is 1.97. The van der Waals surface area contributed by atoms with Gasteiger partial charge in [-0.3, -0.25) is 9.59 Å². The van der Waals surface area contributed by atoms with Crippen LogP contribution in [0.4, 0.5) is 0 Å².